The van der Waals surface area contributed by atoms with Crippen LogP contribution in [-0.2, 0) is 14.3 Å². The first kappa shape index (κ1) is 12.2. The number of hydrogen-bond donors (Lipinski definition) is 0. The van der Waals surface area contributed by atoms with E-state index in [9.17, 15) is 4.79 Å². The second-order valence-electron chi connectivity index (χ2n) is 2.81. The number of rotatable bonds is 7. The van der Waals surface area contributed by atoms with Crippen molar-refractivity contribution in [2.45, 2.75) is 32.8 Å². The number of carbonyl (C=O) groups excluding carboxylic acids is 1. The SMILES string of the molecule is C=CC(=O)OCCCOC(C)CC. The summed E-state index contributed by atoms with van der Waals surface area (Å²) in [6, 6.07) is 0. The van der Waals surface area contributed by atoms with Gasteiger partial charge in [0.2, 0.25) is 0 Å². The first-order chi connectivity index (χ1) is 6.20. The molecule has 1 unspecified atom stereocenters. The number of ether oxygens (including phenoxy) is 2. The van der Waals surface area contributed by atoms with Crippen LogP contribution in [0.4, 0.5) is 0 Å². The minimum atomic E-state index is -0.372. The van der Waals surface area contributed by atoms with Crippen molar-refractivity contribution in [3.8, 4) is 0 Å². The van der Waals surface area contributed by atoms with Crippen molar-refractivity contribution < 1.29 is 14.3 Å². The van der Waals surface area contributed by atoms with Gasteiger partial charge in [0.25, 0.3) is 0 Å². The predicted octanol–water partition coefficient (Wildman–Crippen LogP) is 1.92. The van der Waals surface area contributed by atoms with Gasteiger partial charge in [-0.1, -0.05) is 13.5 Å². The lowest BCUT2D eigenvalue weighted by molar-refractivity contribution is -0.138. The Morgan fingerprint density at radius 3 is 2.77 bits per heavy atom. The van der Waals surface area contributed by atoms with E-state index in [1.165, 1.54) is 0 Å². The molecule has 0 aliphatic heterocycles. The summed E-state index contributed by atoms with van der Waals surface area (Å²) in [5.41, 5.74) is 0. The lowest BCUT2D eigenvalue weighted by atomic mass is 10.3. The molecule has 0 aromatic heterocycles. The molecule has 0 saturated heterocycles. The molecule has 0 heterocycles. The zero-order valence-electron chi connectivity index (χ0n) is 8.41. The molecule has 0 saturated carbocycles. The maximum Gasteiger partial charge on any atom is 0.330 e. The van der Waals surface area contributed by atoms with Gasteiger partial charge in [0.05, 0.1) is 19.3 Å². The second kappa shape index (κ2) is 7.80. The van der Waals surface area contributed by atoms with Crippen LogP contribution in [0.3, 0.4) is 0 Å². The van der Waals surface area contributed by atoms with E-state index >= 15 is 0 Å². The van der Waals surface area contributed by atoms with Crippen LogP contribution in [0.5, 0.6) is 0 Å². The molecule has 3 nitrogen and oxygen atoms in total. The second-order valence-corrected chi connectivity index (χ2v) is 2.81. The fraction of sp³-hybridized carbons (Fsp3) is 0.700. The standard InChI is InChI=1S/C10H18O3/c1-4-9(3)12-7-6-8-13-10(11)5-2/h5,9H,2,4,6-8H2,1,3H3. The Hall–Kier alpha value is -0.830. The molecule has 0 aliphatic rings. The summed E-state index contributed by atoms with van der Waals surface area (Å²) in [6.45, 7) is 8.43. The molecule has 0 aromatic rings. The van der Waals surface area contributed by atoms with Crippen LogP contribution in [0, 0.1) is 0 Å². The van der Waals surface area contributed by atoms with Crippen LogP contribution in [0.25, 0.3) is 0 Å². The fourth-order valence-electron chi connectivity index (χ4n) is 0.693. The lowest BCUT2D eigenvalue weighted by Gasteiger charge is -2.09. The van der Waals surface area contributed by atoms with E-state index in [1.54, 1.807) is 0 Å². The summed E-state index contributed by atoms with van der Waals surface area (Å²) in [5, 5.41) is 0. The number of hydrogen-bond acceptors (Lipinski definition) is 3. The van der Waals surface area contributed by atoms with Crippen molar-refractivity contribution in [2.75, 3.05) is 13.2 Å². The first-order valence-corrected chi connectivity index (χ1v) is 4.61. The third kappa shape index (κ3) is 7.53. The largest absolute Gasteiger partial charge is 0.462 e. The summed E-state index contributed by atoms with van der Waals surface area (Å²) < 4.78 is 10.2. The molecule has 0 bridgehead atoms. The van der Waals surface area contributed by atoms with Gasteiger partial charge in [0.15, 0.2) is 0 Å². The first-order valence-electron chi connectivity index (χ1n) is 4.61. The van der Waals surface area contributed by atoms with Gasteiger partial charge >= 0.3 is 5.97 Å². The molecule has 76 valence electrons. The van der Waals surface area contributed by atoms with E-state index in [1.807, 2.05) is 6.92 Å². The molecular formula is C10H18O3. The number of carbonyl (C=O) groups is 1. The quantitative estimate of drug-likeness (QED) is 0.346. The summed E-state index contributed by atoms with van der Waals surface area (Å²) in [5.74, 6) is -0.372. The van der Waals surface area contributed by atoms with Gasteiger partial charge in [0.1, 0.15) is 0 Å². The minimum Gasteiger partial charge on any atom is -0.462 e. The monoisotopic (exact) mass is 186 g/mol. The Bertz CT molecular complexity index is 154. The average Bonchev–Trinajstić information content (AvgIpc) is 2.16. The zero-order chi connectivity index (χ0) is 10.1. The van der Waals surface area contributed by atoms with Gasteiger partial charge in [-0.25, -0.2) is 4.79 Å². The van der Waals surface area contributed by atoms with Crippen LogP contribution < -0.4 is 0 Å². The van der Waals surface area contributed by atoms with Crippen molar-refractivity contribution in [1.29, 1.82) is 0 Å². The Labute approximate surface area is 79.7 Å². The van der Waals surface area contributed by atoms with E-state index in [-0.39, 0.29) is 12.1 Å². The third-order valence-electron chi connectivity index (χ3n) is 1.68. The highest BCUT2D eigenvalue weighted by Crippen LogP contribution is 1.96. The summed E-state index contributed by atoms with van der Waals surface area (Å²) in [6.07, 6.45) is 3.20. The number of esters is 1. The van der Waals surface area contributed by atoms with Crippen molar-refractivity contribution in [2.24, 2.45) is 0 Å². The van der Waals surface area contributed by atoms with Crippen molar-refractivity contribution in [3.63, 3.8) is 0 Å². The van der Waals surface area contributed by atoms with Crippen molar-refractivity contribution >= 4 is 5.97 Å². The van der Waals surface area contributed by atoms with Gasteiger partial charge in [-0.05, 0) is 13.3 Å². The van der Waals surface area contributed by atoms with Crippen LogP contribution in [0.15, 0.2) is 12.7 Å². The van der Waals surface area contributed by atoms with Crippen molar-refractivity contribution in [1.82, 2.24) is 0 Å². The Morgan fingerprint density at radius 2 is 2.23 bits per heavy atom. The highest BCUT2D eigenvalue weighted by atomic mass is 16.5. The van der Waals surface area contributed by atoms with E-state index in [4.69, 9.17) is 9.47 Å². The fourth-order valence-corrected chi connectivity index (χ4v) is 0.693. The van der Waals surface area contributed by atoms with E-state index in [0.717, 1.165) is 18.9 Å². The zero-order valence-corrected chi connectivity index (χ0v) is 8.41. The van der Waals surface area contributed by atoms with Crippen LogP contribution in [0.2, 0.25) is 0 Å². The summed E-state index contributed by atoms with van der Waals surface area (Å²) in [7, 11) is 0. The Kier molecular flexibility index (Phi) is 7.30. The van der Waals surface area contributed by atoms with Gasteiger partial charge < -0.3 is 9.47 Å². The van der Waals surface area contributed by atoms with E-state index in [0.29, 0.717) is 13.2 Å². The van der Waals surface area contributed by atoms with E-state index < -0.39 is 0 Å². The minimum absolute atomic E-state index is 0.287. The lowest BCUT2D eigenvalue weighted by Crippen LogP contribution is -2.10. The van der Waals surface area contributed by atoms with Gasteiger partial charge in [0, 0.05) is 12.5 Å². The molecule has 1 atom stereocenters. The molecule has 0 spiro atoms. The van der Waals surface area contributed by atoms with Crippen LogP contribution in [-0.4, -0.2) is 25.3 Å². The average molecular weight is 186 g/mol. The van der Waals surface area contributed by atoms with Gasteiger partial charge in [-0.3, -0.25) is 0 Å². The van der Waals surface area contributed by atoms with Gasteiger partial charge in [-0.2, -0.15) is 0 Å². The molecular weight excluding hydrogens is 168 g/mol. The summed E-state index contributed by atoms with van der Waals surface area (Å²) >= 11 is 0. The van der Waals surface area contributed by atoms with Crippen molar-refractivity contribution in [3.05, 3.63) is 12.7 Å². The molecule has 0 aromatic carbocycles. The molecule has 0 N–H and O–H groups in total. The van der Waals surface area contributed by atoms with Crippen LogP contribution in [0.1, 0.15) is 26.7 Å². The smallest absolute Gasteiger partial charge is 0.330 e. The van der Waals surface area contributed by atoms with Crippen LogP contribution >= 0.6 is 0 Å². The maximum absolute atomic E-state index is 10.6. The molecule has 0 rings (SSSR count). The van der Waals surface area contributed by atoms with E-state index in [2.05, 4.69) is 13.5 Å². The highest BCUT2D eigenvalue weighted by Gasteiger charge is 1.98. The normalized spacial score (nSPS) is 12.2. The Morgan fingerprint density at radius 1 is 1.54 bits per heavy atom. The molecule has 0 amide bonds. The Balaban J connectivity index is 3.17. The molecule has 0 radical (unpaired) electrons. The maximum atomic E-state index is 10.6. The topological polar surface area (TPSA) is 35.5 Å². The third-order valence-corrected chi connectivity index (χ3v) is 1.68. The molecule has 0 aliphatic carbocycles. The molecule has 13 heavy (non-hydrogen) atoms. The predicted molar refractivity (Wildman–Crippen MR) is 51.5 cm³/mol. The molecule has 3 heteroatoms. The molecule has 0 fully saturated rings. The van der Waals surface area contributed by atoms with Gasteiger partial charge in [-0.15, -0.1) is 0 Å². The summed E-state index contributed by atoms with van der Waals surface area (Å²) in [4.78, 5) is 10.6. The highest BCUT2D eigenvalue weighted by molar-refractivity contribution is 5.81.